The van der Waals surface area contributed by atoms with Crippen LogP contribution in [0.2, 0.25) is 0 Å². The third-order valence-electron chi connectivity index (χ3n) is 8.46. The Balaban J connectivity index is 1.25. The summed E-state index contributed by atoms with van der Waals surface area (Å²) in [5.41, 5.74) is 6.34. The lowest BCUT2D eigenvalue weighted by molar-refractivity contribution is 0.778. The van der Waals surface area contributed by atoms with E-state index in [2.05, 4.69) is 137 Å². The second kappa shape index (κ2) is 10.0. The van der Waals surface area contributed by atoms with Gasteiger partial charge in [0.2, 0.25) is 0 Å². The van der Waals surface area contributed by atoms with Crippen molar-refractivity contribution >= 4 is 64.8 Å². The van der Waals surface area contributed by atoms with E-state index in [9.17, 15) is 0 Å². The minimum atomic E-state index is -0.0317. The number of para-hydroxylation sites is 1. The maximum absolute atomic E-state index is 5.30. The minimum absolute atomic E-state index is 0.0317. The summed E-state index contributed by atoms with van der Waals surface area (Å²) < 4.78 is 4.90. The van der Waals surface area contributed by atoms with Crippen molar-refractivity contribution < 1.29 is 0 Å². The van der Waals surface area contributed by atoms with Gasteiger partial charge in [-0.05, 0) is 41.5 Å². The molecule has 0 fully saturated rings. The van der Waals surface area contributed by atoms with Gasteiger partial charge in [-0.25, -0.2) is 9.98 Å². The molecule has 1 atom stereocenters. The largest absolute Gasteiger partial charge is 0.358 e. The molecule has 0 spiro atoms. The Bertz CT molecular complexity index is 2420. The van der Waals surface area contributed by atoms with Crippen molar-refractivity contribution in [1.29, 1.82) is 0 Å². The number of nitrogens with zero attached hydrogens (tertiary/aromatic N) is 3. The van der Waals surface area contributed by atoms with Crippen LogP contribution in [-0.4, -0.2) is 15.4 Å². The summed E-state index contributed by atoms with van der Waals surface area (Å²) in [6.07, 6.45) is 2.20. The molecule has 3 aromatic heterocycles. The summed E-state index contributed by atoms with van der Waals surface area (Å²) in [7, 11) is 0. The molecule has 1 aliphatic heterocycles. The Kier molecular flexibility index (Phi) is 5.71. The van der Waals surface area contributed by atoms with Crippen LogP contribution in [0.15, 0.2) is 151 Å². The molecule has 8 aromatic rings. The topological polar surface area (TPSA) is 42.2 Å². The van der Waals surface area contributed by atoms with Crippen molar-refractivity contribution in [1.82, 2.24) is 14.9 Å². The number of aromatic nitrogens is 2. The van der Waals surface area contributed by atoms with Crippen LogP contribution in [0.4, 0.5) is 0 Å². The second-order valence-electron chi connectivity index (χ2n) is 11.1. The molecule has 208 valence electrons. The van der Waals surface area contributed by atoms with Crippen molar-refractivity contribution in [2.24, 2.45) is 4.99 Å². The van der Waals surface area contributed by atoms with Gasteiger partial charge >= 0.3 is 0 Å². The zero-order chi connectivity index (χ0) is 29.0. The Hall–Kier alpha value is -5.52. The maximum Gasteiger partial charge on any atom is 0.153 e. The van der Waals surface area contributed by atoms with E-state index in [0.717, 1.165) is 34.1 Å². The second-order valence-corrected chi connectivity index (χ2v) is 12.1. The molecular formula is C39H26N4S. The number of hydrogen-bond donors (Lipinski definition) is 1. The van der Waals surface area contributed by atoms with Crippen LogP contribution in [0, 0.1) is 0 Å². The van der Waals surface area contributed by atoms with E-state index in [1.807, 2.05) is 29.5 Å². The monoisotopic (exact) mass is 582 g/mol. The van der Waals surface area contributed by atoms with E-state index >= 15 is 0 Å². The summed E-state index contributed by atoms with van der Waals surface area (Å²) in [5, 5.41) is 8.71. The van der Waals surface area contributed by atoms with Crippen molar-refractivity contribution in [2.75, 3.05) is 0 Å². The molecule has 5 heteroatoms. The summed E-state index contributed by atoms with van der Waals surface area (Å²) in [6.45, 7) is 0. The molecule has 4 heterocycles. The van der Waals surface area contributed by atoms with Crippen LogP contribution >= 0.6 is 11.3 Å². The molecule has 4 nitrogen and oxygen atoms in total. The predicted octanol–water partition coefficient (Wildman–Crippen LogP) is 9.68. The Morgan fingerprint density at radius 3 is 2.20 bits per heavy atom. The molecule has 0 aliphatic carbocycles. The molecule has 44 heavy (non-hydrogen) atoms. The third kappa shape index (κ3) is 3.98. The molecule has 0 amide bonds. The SMILES string of the molecule is C1=C(c2ccccc2)N=C(c2cccc(-n3c4ccccc4c4ccc5c6ccccc6sc5c43)n2)NC1c1ccccc1. The molecule has 1 N–H and O–H groups in total. The van der Waals surface area contributed by atoms with Crippen LogP contribution in [-0.2, 0) is 0 Å². The summed E-state index contributed by atoms with van der Waals surface area (Å²) in [6, 6.07) is 48.9. The number of pyridine rings is 1. The third-order valence-corrected chi connectivity index (χ3v) is 9.66. The number of thiophene rings is 1. The quantitative estimate of drug-likeness (QED) is 0.224. The number of rotatable bonds is 4. The summed E-state index contributed by atoms with van der Waals surface area (Å²) in [5.74, 6) is 1.63. The van der Waals surface area contributed by atoms with E-state index in [1.165, 1.54) is 42.0 Å². The maximum atomic E-state index is 5.30. The van der Waals surface area contributed by atoms with Gasteiger partial charge in [0.15, 0.2) is 5.84 Å². The van der Waals surface area contributed by atoms with Gasteiger partial charge in [0.05, 0.1) is 27.5 Å². The molecule has 0 saturated heterocycles. The average Bonchev–Trinajstić information content (AvgIpc) is 3.65. The van der Waals surface area contributed by atoms with Crippen LogP contribution in [0.3, 0.4) is 0 Å². The van der Waals surface area contributed by atoms with Gasteiger partial charge < -0.3 is 5.32 Å². The van der Waals surface area contributed by atoms with E-state index in [-0.39, 0.29) is 6.04 Å². The lowest BCUT2D eigenvalue weighted by Crippen LogP contribution is -2.32. The highest BCUT2D eigenvalue weighted by molar-refractivity contribution is 7.26. The first-order chi connectivity index (χ1) is 21.8. The predicted molar refractivity (Wildman–Crippen MR) is 185 cm³/mol. The molecular weight excluding hydrogens is 557 g/mol. The number of hydrogen-bond acceptors (Lipinski definition) is 4. The van der Waals surface area contributed by atoms with Crippen molar-refractivity contribution in [3.63, 3.8) is 0 Å². The fraction of sp³-hybridized carbons (Fsp3) is 0.0256. The van der Waals surface area contributed by atoms with Gasteiger partial charge in [0, 0.05) is 26.2 Å². The smallest absolute Gasteiger partial charge is 0.153 e. The van der Waals surface area contributed by atoms with Crippen LogP contribution in [0.25, 0.3) is 53.5 Å². The molecule has 1 aliphatic rings. The summed E-state index contributed by atoms with van der Waals surface area (Å²) >= 11 is 1.85. The van der Waals surface area contributed by atoms with Gasteiger partial charge in [-0.3, -0.25) is 4.57 Å². The standard InChI is InChI=1S/C39H26N4S/c1-3-12-25(13-4-1)32-24-33(26-14-5-2-6-15-26)42-39(41-32)31-18-11-21-36(40-31)43-34-19-9-7-16-27(34)29-22-23-30-28-17-8-10-20-35(28)44-38(30)37(29)43/h1-24,32H,(H,41,42). The highest BCUT2D eigenvalue weighted by Crippen LogP contribution is 2.42. The Morgan fingerprint density at radius 1 is 0.614 bits per heavy atom. The van der Waals surface area contributed by atoms with E-state index in [1.54, 1.807) is 0 Å². The Morgan fingerprint density at radius 2 is 1.34 bits per heavy atom. The molecule has 0 saturated carbocycles. The molecule has 9 rings (SSSR count). The molecule has 5 aromatic carbocycles. The van der Waals surface area contributed by atoms with Gasteiger partial charge in [-0.2, -0.15) is 0 Å². The van der Waals surface area contributed by atoms with Gasteiger partial charge in [-0.15, -0.1) is 11.3 Å². The lowest BCUT2D eigenvalue weighted by atomic mass is 10.0. The van der Waals surface area contributed by atoms with Crippen molar-refractivity contribution in [2.45, 2.75) is 6.04 Å². The summed E-state index contributed by atoms with van der Waals surface area (Å²) in [4.78, 5) is 10.4. The van der Waals surface area contributed by atoms with E-state index < -0.39 is 0 Å². The Labute approximate surface area is 258 Å². The van der Waals surface area contributed by atoms with Gasteiger partial charge in [0.1, 0.15) is 11.5 Å². The lowest BCUT2D eigenvalue weighted by Gasteiger charge is -2.24. The average molecular weight is 583 g/mol. The molecule has 0 radical (unpaired) electrons. The van der Waals surface area contributed by atoms with Crippen LogP contribution < -0.4 is 5.32 Å². The fourth-order valence-corrected chi connectivity index (χ4v) is 7.67. The van der Waals surface area contributed by atoms with Gasteiger partial charge in [-0.1, -0.05) is 115 Å². The molecule has 1 unspecified atom stereocenters. The molecule has 0 bridgehead atoms. The van der Waals surface area contributed by atoms with E-state index in [4.69, 9.17) is 9.98 Å². The first-order valence-electron chi connectivity index (χ1n) is 14.8. The highest BCUT2D eigenvalue weighted by Gasteiger charge is 2.22. The number of benzene rings is 5. The number of amidine groups is 1. The fourth-order valence-electron chi connectivity index (χ4n) is 6.43. The first-order valence-corrected chi connectivity index (χ1v) is 15.6. The minimum Gasteiger partial charge on any atom is -0.358 e. The number of aliphatic imine (C=N–C) groups is 1. The zero-order valence-electron chi connectivity index (χ0n) is 23.7. The van der Waals surface area contributed by atoms with Crippen molar-refractivity contribution in [3.05, 3.63) is 162 Å². The van der Waals surface area contributed by atoms with Crippen LogP contribution in [0.1, 0.15) is 22.9 Å². The highest BCUT2D eigenvalue weighted by atomic mass is 32.1. The van der Waals surface area contributed by atoms with Crippen LogP contribution in [0.5, 0.6) is 0 Å². The van der Waals surface area contributed by atoms with Gasteiger partial charge in [0.25, 0.3) is 0 Å². The van der Waals surface area contributed by atoms with E-state index in [0.29, 0.717) is 0 Å². The number of nitrogens with one attached hydrogen (secondary N) is 1. The zero-order valence-corrected chi connectivity index (χ0v) is 24.5. The van der Waals surface area contributed by atoms with Crippen molar-refractivity contribution in [3.8, 4) is 5.82 Å². The first kappa shape index (κ1) is 25.0. The normalized spacial score (nSPS) is 15.0. The number of fused-ring (bicyclic) bond motifs is 7.